The van der Waals surface area contributed by atoms with Crippen LogP contribution in [0.5, 0.6) is 0 Å². The van der Waals surface area contributed by atoms with Crippen LogP contribution in [0.1, 0.15) is 6.92 Å². The molecule has 0 heterocycles. The van der Waals surface area contributed by atoms with Crippen molar-refractivity contribution in [2.24, 2.45) is 0 Å². The number of halogens is 2. The van der Waals surface area contributed by atoms with Crippen molar-refractivity contribution < 1.29 is 23.5 Å². The molecule has 0 aliphatic rings. The zero-order valence-electron chi connectivity index (χ0n) is 6.46. The fourth-order valence-corrected chi connectivity index (χ4v) is 0.634. The second kappa shape index (κ2) is 4.63. The molecule has 0 bridgehead atoms. The topological polar surface area (TPSA) is 57.6 Å². The van der Waals surface area contributed by atoms with Crippen molar-refractivity contribution >= 4 is 11.9 Å². The third kappa shape index (κ3) is 4.59. The molecule has 12 heavy (non-hydrogen) atoms. The highest BCUT2D eigenvalue weighted by Gasteiger charge is 2.16. The number of hydrogen-bond acceptors (Lipinski definition) is 2. The smallest absolute Gasteiger partial charge is 0.323 e. The van der Waals surface area contributed by atoms with E-state index >= 15 is 0 Å². The lowest BCUT2D eigenvalue weighted by atomic mass is 10.4. The van der Waals surface area contributed by atoms with Gasteiger partial charge in [-0.3, -0.25) is 9.59 Å². The molecule has 0 spiro atoms. The summed E-state index contributed by atoms with van der Waals surface area (Å²) in [7, 11) is 0. The van der Waals surface area contributed by atoms with Crippen molar-refractivity contribution in [1.82, 2.24) is 4.90 Å². The molecule has 0 saturated carbocycles. The zero-order chi connectivity index (χ0) is 9.72. The fraction of sp³-hybridized carbons (Fsp3) is 0.667. The first-order valence-corrected chi connectivity index (χ1v) is 3.19. The first kappa shape index (κ1) is 10.8. The molecule has 6 heteroatoms. The van der Waals surface area contributed by atoms with Gasteiger partial charge in [-0.1, -0.05) is 0 Å². The monoisotopic (exact) mass is 181 g/mol. The molecule has 70 valence electrons. The highest BCUT2D eigenvalue weighted by atomic mass is 19.3. The van der Waals surface area contributed by atoms with Crippen LogP contribution in [-0.4, -0.2) is 41.4 Å². The Hall–Kier alpha value is -1.20. The SMILES string of the molecule is CC(=O)N(CC(=O)O)CC(F)F. The maximum absolute atomic E-state index is 11.7. The lowest BCUT2D eigenvalue weighted by Gasteiger charge is -2.17. The van der Waals surface area contributed by atoms with Gasteiger partial charge in [-0.2, -0.15) is 0 Å². The van der Waals surface area contributed by atoms with Crippen LogP contribution in [0.4, 0.5) is 8.78 Å². The van der Waals surface area contributed by atoms with Crippen molar-refractivity contribution in [2.75, 3.05) is 13.1 Å². The molecule has 0 fully saturated rings. The second-order valence-electron chi connectivity index (χ2n) is 2.18. The molecule has 1 amide bonds. The quantitative estimate of drug-likeness (QED) is 0.673. The molecule has 0 radical (unpaired) electrons. The molecule has 0 aromatic carbocycles. The van der Waals surface area contributed by atoms with Gasteiger partial charge in [-0.05, 0) is 0 Å². The number of hydrogen-bond donors (Lipinski definition) is 1. The third-order valence-corrected chi connectivity index (χ3v) is 1.13. The van der Waals surface area contributed by atoms with Crippen LogP contribution in [0.15, 0.2) is 0 Å². The Labute approximate surface area is 67.8 Å². The van der Waals surface area contributed by atoms with Gasteiger partial charge in [-0.25, -0.2) is 8.78 Å². The number of rotatable bonds is 4. The molecule has 0 aliphatic carbocycles. The summed E-state index contributed by atoms with van der Waals surface area (Å²) in [5.74, 6) is -1.97. The summed E-state index contributed by atoms with van der Waals surface area (Å²) in [5, 5.41) is 8.21. The molecule has 0 saturated heterocycles. The molecule has 0 aromatic heterocycles. The van der Waals surface area contributed by atoms with Gasteiger partial charge < -0.3 is 10.0 Å². The average Bonchev–Trinajstić information content (AvgIpc) is 1.83. The first-order valence-electron chi connectivity index (χ1n) is 3.19. The summed E-state index contributed by atoms with van der Waals surface area (Å²) in [4.78, 5) is 21.2. The Morgan fingerprint density at radius 1 is 1.50 bits per heavy atom. The number of carboxylic acids is 1. The van der Waals surface area contributed by atoms with Crippen molar-refractivity contribution in [3.63, 3.8) is 0 Å². The minimum absolute atomic E-state index is 0.576. The van der Waals surface area contributed by atoms with E-state index in [2.05, 4.69) is 0 Å². The molecule has 0 aromatic rings. The molecular formula is C6H9F2NO3. The largest absolute Gasteiger partial charge is 0.480 e. The van der Waals surface area contributed by atoms with Crippen LogP contribution in [0.25, 0.3) is 0 Å². The number of carboxylic acid groups (broad SMARTS) is 1. The van der Waals surface area contributed by atoms with E-state index in [1.165, 1.54) is 0 Å². The van der Waals surface area contributed by atoms with E-state index in [1.807, 2.05) is 0 Å². The number of alkyl halides is 2. The van der Waals surface area contributed by atoms with E-state index < -0.39 is 31.4 Å². The average molecular weight is 181 g/mol. The van der Waals surface area contributed by atoms with Gasteiger partial charge in [0.1, 0.15) is 6.54 Å². The van der Waals surface area contributed by atoms with Gasteiger partial charge in [0.25, 0.3) is 6.43 Å². The molecular weight excluding hydrogens is 172 g/mol. The Morgan fingerprint density at radius 3 is 2.25 bits per heavy atom. The first-order chi connectivity index (χ1) is 5.43. The van der Waals surface area contributed by atoms with Gasteiger partial charge in [0, 0.05) is 6.92 Å². The third-order valence-electron chi connectivity index (χ3n) is 1.13. The molecule has 4 nitrogen and oxygen atoms in total. The number of amides is 1. The number of aliphatic carboxylic acids is 1. The van der Waals surface area contributed by atoms with Crippen LogP contribution in [-0.2, 0) is 9.59 Å². The summed E-state index contributed by atoms with van der Waals surface area (Å²) in [5.41, 5.74) is 0. The molecule has 0 atom stereocenters. The van der Waals surface area contributed by atoms with E-state index in [0.29, 0.717) is 4.90 Å². The highest BCUT2D eigenvalue weighted by Crippen LogP contribution is 1.98. The van der Waals surface area contributed by atoms with E-state index in [1.54, 1.807) is 0 Å². The standard InChI is InChI=1S/C6H9F2NO3/c1-4(10)9(2-5(7)8)3-6(11)12/h5H,2-3H2,1H3,(H,11,12). The summed E-state index contributed by atoms with van der Waals surface area (Å²) in [6, 6.07) is 0. The Kier molecular flexibility index (Phi) is 4.17. The lowest BCUT2D eigenvalue weighted by molar-refractivity contribution is -0.144. The predicted molar refractivity (Wildman–Crippen MR) is 35.9 cm³/mol. The van der Waals surface area contributed by atoms with E-state index in [-0.39, 0.29) is 0 Å². The van der Waals surface area contributed by atoms with Crippen molar-refractivity contribution in [3.05, 3.63) is 0 Å². The summed E-state index contributed by atoms with van der Waals surface area (Å²) in [6.45, 7) is -0.466. The molecule has 1 N–H and O–H groups in total. The minimum Gasteiger partial charge on any atom is -0.480 e. The van der Waals surface area contributed by atoms with Gasteiger partial charge in [-0.15, -0.1) is 0 Å². The Balaban J connectivity index is 4.04. The van der Waals surface area contributed by atoms with Gasteiger partial charge in [0.15, 0.2) is 0 Å². The highest BCUT2D eigenvalue weighted by molar-refractivity contribution is 5.79. The van der Waals surface area contributed by atoms with Gasteiger partial charge in [0.2, 0.25) is 5.91 Å². The van der Waals surface area contributed by atoms with Crippen LogP contribution < -0.4 is 0 Å². The summed E-state index contributed by atoms with van der Waals surface area (Å²) < 4.78 is 23.4. The maximum atomic E-state index is 11.7. The van der Waals surface area contributed by atoms with Crippen molar-refractivity contribution in [2.45, 2.75) is 13.3 Å². The van der Waals surface area contributed by atoms with E-state index in [0.717, 1.165) is 6.92 Å². The summed E-state index contributed by atoms with van der Waals surface area (Å²) in [6.07, 6.45) is -2.70. The molecule has 0 aliphatic heterocycles. The lowest BCUT2D eigenvalue weighted by Crippen LogP contribution is -2.37. The molecule has 0 rings (SSSR count). The van der Waals surface area contributed by atoms with Crippen molar-refractivity contribution in [3.8, 4) is 0 Å². The van der Waals surface area contributed by atoms with Gasteiger partial charge in [0.05, 0.1) is 6.54 Å². The zero-order valence-corrected chi connectivity index (χ0v) is 6.46. The van der Waals surface area contributed by atoms with Crippen LogP contribution in [0, 0.1) is 0 Å². The summed E-state index contributed by atoms with van der Waals surface area (Å²) >= 11 is 0. The minimum atomic E-state index is -2.70. The Bertz CT molecular complexity index is 184. The van der Waals surface area contributed by atoms with Crippen LogP contribution in [0.3, 0.4) is 0 Å². The van der Waals surface area contributed by atoms with Gasteiger partial charge >= 0.3 is 5.97 Å². The van der Waals surface area contributed by atoms with E-state index in [9.17, 15) is 18.4 Å². The maximum Gasteiger partial charge on any atom is 0.323 e. The number of carbonyl (C=O) groups is 2. The van der Waals surface area contributed by atoms with Crippen LogP contribution in [0.2, 0.25) is 0 Å². The van der Waals surface area contributed by atoms with Crippen LogP contribution >= 0.6 is 0 Å². The van der Waals surface area contributed by atoms with E-state index in [4.69, 9.17) is 5.11 Å². The normalized spacial score (nSPS) is 10.0. The second-order valence-corrected chi connectivity index (χ2v) is 2.18. The Morgan fingerprint density at radius 2 is 2.00 bits per heavy atom. The number of carbonyl (C=O) groups excluding carboxylic acids is 1. The van der Waals surface area contributed by atoms with Crippen molar-refractivity contribution in [1.29, 1.82) is 0 Å². The molecule has 0 unspecified atom stereocenters. The fourth-order valence-electron chi connectivity index (χ4n) is 0.634. The predicted octanol–water partition coefficient (Wildman–Crippen LogP) is 0.185. The number of nitrogens with zero attached hydrogens (tertiary/aromatic N) is 1.